The summed E-state index contributed by atoms with van der Waals surface area (Å²) in [5.74, 6) is 0.598. The molecular formula is C13H23N2OSi. The van der Waals surface area contributed by atoms with Crippen LogP contribution in [0.25, 0.3) is 0 Å². The van der Waals surface area contributed by atoms with Gasteiger partial charge >= 0.3 is 0 Å². The third-order valence-electron chi connectivity index (χ3n) is 2.71. The average Bonchev–Trinajstić information content (AvgIpc) is 2.17. The van der Waals surface area contributed by atoms with Crippen molar-refractivity contribution in [2.45, 2.75) is 46.9 Å². The van der Waals surface area contributed by atoms with Crippen LogP contribution in [0.2, 0.25) is 13.1 Å². The molecule has 1 aromatic heterocycles. The number of nitrogens with zero attached hydrogens (tertiary/aromatic N) is 1. The number of rotatable bonds is 3. The van der Waals surface area contributed by atoms with Gasteiger partial charge in [0.1, 0.15) is 5.82 Å². The largest absolute Gasteiger partial charge is 0.410 e. The summed E-state index contributed by atoms with van der Waals surface area (Å²) in [6.07, 6.45) is 1.84. The van der Waals surface area contributed by atoms with Crippen LogP contribution in [-0.4, -0.2) is 14.0 Å². The number of hydrogen-bond acceptors (Lipinski definition) is 3. The quantitative estimate of drug-likeness (QED) is 0.838. The van der Waals surface area contributed by atoms with Crippen LogP contribution >= 0.6 is 0 Å². The molecule has 0 aromatic carbocycles. The van der Waals surface area contributed by atoms with Gasteiger partial charge in [-0.1, -0.05) is 20.8 Å². The molecule has 17 heavy (non-hydrogen) atoms. The zero-order valence-corrected chi connectivity index (χ0v) is 12.7. The van der Waals surface area contributed by atoms with Gasteiger partial charge in [0.15, 0.2) is 0 Å². The lowest BCUT2D eigenvalue weighted by molar-refractivity contribution is 0.0860. The maximum Gasteiger partial charge on any atom is 0.205 e. The van der Waals surface area contributed by atoms with Gasteiger partial charge in [0.05, 0.1) is 6.10 Å². The van der Waals surface area contributed by atoms with Gasteiger partial charge < -0.3 is 10.2 Å². The second-order valence-electron chi connectivity index (χ2n) is 5.68. The van der Waals surface area contributed by atoms with E-state index in [1.807, 2.05) is 13.0 Å². The first-order valence-corrected chi connectivity index (χ1v) is 8.32. The van der Waals surface area contributed by atoms with Gasteiger partial charge in [-0.05, 0) is 42.6 Å². The molecule has 1 heterocycles. The van der Waals surface area contributed by atoms with Crippen molar-refractivity contribution in [1.29, 1.82) is 0 Å². The van der Waals surface area contributed by atoms with Crippen LogP contribution < -0.4 is 5.73 Å². The molecule has 1 aromatic rings. The third kappa shape index (κ3) is 3.54. The molecule has 0 saturated carbocycles. The summed E-state index contributed by atoms with van der Waals surface area (Å²) >= 11 is 0. The summed E-state index contributed by atoms with van der Waals surface area (Å²) in [7, 11) is -0.753. The van der Waals surface area contributed by atoms with Crippen LogP contribution in [-0.2, 0) is 4.43 Å². The number of nitrogens with two attached hydrogens (primary N) is 1. The van der Waals surface area contributed by atoms with E-state index < -0.39 is 9.04 Å². The lowest BCUT2D eigenvalue weighted by Crippen LogP contribution is -2.26. The van der Waals surface area contributed by atoms with Crippen LogP contribution in [0.15, 0.2) is 12.3 Å². The van der Waals surface area contributed by atoms with E-state index in [0.717, 1.165) is 11.1 Å². The molecule has 0 aliphatic rings. The Kier molecular flexibility index (Phi) is 4.33. The van der Waals surface area contributed by atoms with Crippen LogP contribution in [0.3, 0.4) is 0 Å². The highest BCUT2D eigenvalue weighted by atomic mass is 28.3. The molecular weight excluding hydrogens is 228 g/mol. The zero-order valence-electron chi connectivity index (χ0n) is 11.7. The molecule has 2 N–H and O–H groups in total. The first-order chi connectivity index (χ1) is 7.73. The summed E-state index contributed by atoms with van der Waals surface area (Å²) in [5.41, 5.74) is 8.13. The van der Waals surface area contributed by atoms with E-state index in [0.29, 0.717) is 5.82 Å². The van der Waals surface area contributed by atoms with E-state index >= 15 is 0 Å². The highest BCUT2D eigenvalue weighted by Gasteiger charge is 2.29. The molecule has 1 rings (SSSR count). The highest BCUT2D eigenvalue weighted by molar-refractivity contribution is 6.48. The van der Waals surface area contributed by atoms with Crippen LogP contribution in [0.4, 0.5) is 5.82 Å². The number of nitrogen functional groups attached to an aromatic ring is 1. The Morgan fingerprint density at radius 2 is 1.94 bits per heavy atom. The van der Waals surface area contributed by atoms with Gasteiger partial charge in [-0.15, -0.1) is 0 Å². The van der Waals surface area contributed by atoms with Gasteiger partial charge in [-0.2, -0.15) is 0 Å². The smallest absolute Gasteiger partial charge is 0.205 e. The summed E-state index contributed by atoms with van der Waals surface area (Å²) in [4.78, 5) is 4.11. The zero-order chi connectivity index (χ0) is 13.2. The second-order valence-corrected chi connectivity index (χ2v) is 7.73. The van der Waals surface area contributed by atoms with Gasteiger partial charge in [0.2, 0.25) is 9.04 Å². The molecule has 0 spiro atoms. The van der Waals surface area contributed by atoms with E-state index in [2.05, 4.69) is 38.8 Å². The van der Waals surface area contributed by atoms with Gasteiger partial charge in [0, 0.05) is 6.20 Å². The van der Waals surface area contributed by atoms with Crippen LogP contribution in [0, 0.1) is 12.3 Å². The average molecular weight is 251 g/mol. The third-order valence-corrected chi connectivity index (χ3v) is 3.41. The predicted molar refractivity (Wildman–Crippen MR) is 74.1 cm³/mol. The lowest BCUT2D eigenvalue weighted by atomic mass is 9.83. The molecule has 95 valence electrons. The monoisotopic (exact) mass is 251 g/mol. The van der Waals surface area contributed by atoms with Crippen molar-refractivity contribution in [3.05, 3.63) is 23.4 Å². The van der Waals surface area contributed by atoms with Crippen molar-refractivity contribution >= 4 is 14.9 Å². The molecule has 3 nitrogen and oxygen atoms in total. The molecule has 4 heteroatoms. The summed E-state index contributed by atoms with van der Waals surface area (Å²) in [6, 6.07) is 2.02. The van der Waals surface area contributed by atoms with E-state index in [1.165, 1.54) is 0 Å². The number of anilines is 1. The molecule has 1 radical (unpaired) electrons. The highest BCUT2D eigenvalue weighted by Crippen LogP contribution is 2.38. The molecule has 0 amide bonds. The van der Waals surface area contributed by atoms with Crippen LogP contribution in [0.5, 0.6) is 0 Å². The lowest BCUT2D eigenvalue weighted by Gasteiger charge is -2.33. The van der Waals surface area contributed by atoms with Gasteiger partial charge in [0.25, 0.3) is 0 Å². The van der Waals surface area contributed by atoms with Crippen molar-refractivity contribution in [2.24, 2.45) is 5.41 Å². The Balaban J connectivity index is 3.18. The summed E-state index contributed by atoms with van der Waals surface area (Å²) < 4.78 is 6.16. The van der Waals surface area contributed by atoms with Crippen molar-refractivity contribution in [3.8, 4) is 0 Å². The maximum absolute atomic E-state index is 6.16. The van der Waals surface area contributed by atoms with E-state index in [-0.39, 0.29) is 11.5 Å². The Bertz CT molecular complexity index is 385. The number of pyridine rings is 1. The molecule has 0 aliphatic carbocycles. The Morgan fingerprint density at radius 1 is 1.35 bits per heavy atom. The van der Waals surface area contributed by atoms with Crippen LogP contribution in [0.1, 0.15) is 38.0 Å². The minimum absolute atomic E-state index is 0.0560. The molecule has 0 aliphatic heterocycles. The Hall–Kier alpha value is -0.873. The number of aromatic nitrogens is 1. The first kappa shape index (κ1) is 14.2. The molecule has 0 saturated heterocycles. The SMILES string of the molecule is Cc1c(C(O[Si](C)C)C(C)(C)C)ccnc1N. The van der Waals surface area contributed by atoms with Gasteiger partial charge in [-0.25, -0.2) is 4.98 Å². The predicted octanol–water partition coefficient (Wildman–Crippen LogP) is 3.33. The standard InChI is InChI=1S/C13H23N2OSi/c1-9-10(7-8-15-12(9)14)11(13(2,3)4)16-17(5)6/h7-8,11H,1-6H3,(H2,14,15). The van der Waals surface area contributed by atoms with E-state index in [4.69, 9.17) is 10.2 Å². The first-order valence-electron chi connectivity index (χ1n) is 5.91. The number of hydrogen-bond donors (Lipinski definition) is 1. The molecule has 0 bridgehead atoms. The second kappa shape index (κ2) is 5.19. The van der Waals surface area contributed by atoms with Gasteiger partial charge in [-0.3, -0.25) is 0 Å². The fraction of sp³-hybridized carbons (Fsp3) is 0.615. The molecule has 1 atom stereocenters. The maximum atomic E-state index is 6.16. The minimum Gasteiger partial charge on any atom is -0.410 e. The minimum atomic E-state index is -0.753. The van der Waals surface area contributed by atoms with E-state index in [1.54, 1.807) is 6.20 Å². The van der Waals surface area contributed by atoms with E-state index in [9.17, 15) is 0 Å². The van der Waals surface area contributed by atoms with Crippen molar-refractivity contribution in [3.63, 3.8) is 0 Å². The molecule has 1 unspecified atom stereocenters. The summed E-state index contributed by atoms with van der Waals surface area (Å²) in [6.45, 7) is 12.9. The van der Waals surface area contributed by atoms with Crippen molar-refractivity contribution in [1.82, 2.24) is 4.98 Å². The topological polar surface area (TPSA) is 48.1 Å². The normalized spacial score (nSPS) is 14.1. The Morgan fingerprint density at radius 3 is 2.41 bits per heavy atom. The fourth-order valence-electron chi connectivity index (χ4n) is 1.79. The Labute approximate surface area is 106 Å². The van der Waals surface area contributed by atoms with Crippen molar-refractivity contribution < 1.29 is 4.43 Å². The van der Waals surface area contributed by atoms with Crippen molar-refractivity contribution in [2.75, 3.05) is 5.73 Å². The fourth-order valence-corrected chi connectivity index (χ4v) is 2.75. The molecule has 0 fully saturated rings. The summed E-state index contributed by atoms with van der Waals surface area (Å²) in [5, 5.41) is 0.